The van der Waals surface area contributed by atoms with E-state index < -0.39 is 88.1 Å². The number of nitrogens with zero attached hydrogens (tertiary/aromatic N) is 2. The van der Waals surface area contributed by atoms with Crippen molar-refractivity contribution in [2.24, 2.45) is 23.7 Å². The molecule has 7 rings (SSSR count). The molecule has 3 aliphatic rings. The summed E-state index contributed by atoms with van der Waals surface area (Å²) in [6.45, 7) is 14.1. The molecule has 1 amide bonds. The fourth-order valence-electron chi connectivity index (χ4n) is 9.03. The lowest BCUT2D eigenvalue weighted by Gasteiger charge is -2.38. The molecule has 1 aromatic heterocycles. The highest BCUT2D eigenvalue weighted by molar-refractivity contribution is 6.16. The van der Waals surface area contributed by atoms with Gasteiger partial charge < -0.3 is 54.0 Å². The van der Waals surface area contributed by atoms with Crippen LogP contribution in [0, 0.1) is 30.6 Å². The van der Waals surface area contributed by atoms with Crippen LogP contribution in [0.3, 0.4) is 0 Å². The zero-order valence-corrected chi connectivity index (χ0v) is 36.8. The highest BCUT2D eigenvalue weighted by Crippen LogP contribution is 2.42. The topological polar surface area (TPSA) is 227 Å². The number of aromatic nitrogens is 1. The first kappa shape index (κ1) is 45.1. The van der Waals surface area contributed by atoms with Crippen LogP contribution in [0.5, 0.6) is 11.5 Å². The summed E-state index contributed by atoms with van der Waals surface area (Å²) in [6.07, 6.45) is 5.46. The Bertz CT molecular complexity index is 2770. The number of ether oxygens (including phenoxy) is 4. The highest BCUT2D eigenvalue weighted by Gasteiger charge is 2.44. The van der Waals surface area contributed by atoms with E-state index in [0.29, 0.717) is 5.69 Å². The first-order valence-corrected chi connectivity index (χ1v) is 21.2. The molecule has 16 heteroatoms. The third kappa shape index (κ3) is 8.00. The quantitative estimate of drug-likeness (QED) is 0.102. The molecule has 0 aliphatic carbocycles. The zero-order chi connectivity index (χ0) is 45.8. The van der Waals surface area contributed by atoms with E-state index in [1.54, 1.807) is 45.9 Å². The van der Waals surface area contributed by atoms with Gasteiger partial charge in [0.25, 0.3) is 5.91 Å². The molecule has 5 N–H and O–H groups in total. The normalized spacial score (nSPS) is 30.3. The number of rotatable bonds is 3. The SMILES string of the molecule is CO[C@H]1/C=C/O[C@@]2(C)Oc3c(C)c(O)c4c(=O)c(c5oc6cc(N7CCCC7)cc(=O)c6nc5c4c3=C2O)NC(=O)/C(C)=C\C=C\[C@H](C)[C@H](O)[C@@H](C)[C@@H](O)[C@@H](C)[C@H](OC(C)=O)[C@@H]1C. The second-order valence-corrected chi connectivity index (χ2v) is 17.2. The minimum Gasteiger partial charge on any atom is -0.507 e. The monoisotopic (exact) mass is 869 g/mol. The van der Waals surface area contributed by atoms with Crippen molar-refractivity contribution in [3.05, 3.63) is 79.5 Å². The van der Waals surface area contributed by atoms with Gasteiger partial charge in [-0.1, -0.05) is 45.9 Å². The van der Waals surface area contributed by atoms with Crippen molar-refractivity contribution in [3.8, 4) is 11.5 Å². The molecule has 3 aromatic carbocycles. The Balaban J connectivity index is 1.49. The number of phenols is 1. The van der Waals surface area contributed by atoms with Gasteiger partial charge in [0, 0.05) is 92.1 Å². The third-order valence-electron chi connectivity index (χ3n) is 12.9. The summed E-state index contributed by atoms with van der Waals surface area (Å²) in [5.74, 6) is -6.88. The van der Waals surface area contributed by atoms with Crippen LogP contribution in [-0.2, 0) is 23.8 Å². The molecule has 0 radical (unpaired) electrons. The third-order valence-corrected chi connectivity index (χ3v) is 12.9. The largest absolute Gasteiger partial charge is 0.507 e. The van der Waals surface area contributed by atoms with E-state index >= 15 is 0 Å². The van der Waals surface area contributed by atoms with Crippen LogP contribution in [0.2, 0.25) is 0 Å². The van der Waals surface area contributed by atoms with Gasteiger partial charge in [0.05, 0.1) is 35.2 Å². The lowest BCUT2D eigenvalue weighted by Crippen LogP contribution is -2.46. The second kappa shape index (κ2) is 17.3. The second-order valence-electron chi connectivity index (χ2n) is 17.2. The van der Waals surface area contributed by atoms with Gasteiger partial charge in [0.1, 0.15) is 28.8 Å². The van der Waals surface area contributed by atoms with E-state index in [1.165, 1.54) is 59.3 Å². The number of aliphatic hydroxyl groups is 3. The van der Waals surface area contributed by atoms with Gasteiger partial charge in [-0.2, -0.15) is 0 Å². The van der Waals surface area contributed by atoms with Gasteiger partial charge in [-0.3, -0.25) is 19.2 Å². The maximum atomic E-state index is 14.8. The molecule has 9 atom stereocenters. The average molecular weight is 870 g/mol. The molecule has 16 nitrogen and oxygen atoms in total. The number of methoxy groups -OCH3 is 1. The molecule has 1 saturated heterocycles. The summed E-state index contributed by atoms with van der Waals surface area (Å²) in [5.41, 5.74) is -1.30. The van der Waals surface area contributed by atoms with E-state index in [-0.39, 0.29) is 60.8 Å². The van der Waals surface area contributed by atoms with E-state index in [1.807, 2.05) is 4.90 Å². The highest BCUT2D eigenvalue weighted by atomic mass is 16.7. The van der Waals surface area contributed by atoms with Crippen molar-refractivity contribution in [3.63, 3.8) is 0 Å². The minimum atomic E-state index is -1.97. The molecule has 0 saturated carbocycles. The van der Waals surface area contributed by atoms with Crippen molar-refractivity contribution in [1.29, 1.82) is 0 Å². The first-order valence-electron chi connectivity index (χ1n) is 21.2. The molecule has 4 bridgehead atoms. The number of fused-ring (bicyclic) bond motifs is 2. The van der Waals surface area contributed by atoms with E-state index in [2.05, 4.69) is 5.32 Å². The van der Waals surface area contributed by atoms with Crippen LogP contribution in [0.15, 0.2) is 62.3 Å². The van der Waals surface area contributed by atoms with Gasteiger partial charge >= 0.3 is 11.8 Å². The number of benzene rings is 3. The number of phenolic OH excluding ortho intramolecular Hbond substituents is 1. The summed E-state index contributed by atoms with van der Waals surface area (Å²) >= 11 is 0. The Morgan fingerprint density at radius 1 is 0.952 bits per heavy atom. The number of aromatic hydroxyl groups is 1. The summed E-state index contributed by atoms with van der Waals surface area (Å²) in [5, 5.41) is 49.0. The standard InChI is InChI=1S/C47H55N3O13/c1-21-13-12-14-22(2)46(58)49-37-41(56)33-32(36-44(37)62-31-20-28(50-16-10-11-17-50)19-29(52)35(31)48-36)34-43(26(6)40(33)55)63-47(8,45(34)57)60-18-15-30(59-9)23(3)42(61-27(7)51)25(5)39(54)24(4)38(21)53/h12-15,18-21,23-25,30,38-39,42,53-55,57H,10-11,16-17H2,1-9H3,(H,49,58)/b13-12+,18-15+,22-14-/t21-,23+,24+,25+,30-,38-,39+,42+,47-/m0/s1. The van der Waals surface area contributed by atoms with Gasteiger partial charge in [0.15, 0.2) is 22.4 Å². The molecule has 63 heavy (non-hydrogen) atoms. The summed E-state index contributed by atoms with van der Waals surface area (Å²) in [4.78, 5) is 61.6. The van der Waals surface area contributed by atoms with Crippen LogP contribution in [0.4, 0.5) is 11.4 Å². The molecule has 3 aliphatic heterocycles. The number of carbonyl (C=O) groups excluding carboxylic acids is 2. The Morgan fingerprint density at radius 3 is 2.32 bits per heavy atom. The summed E-state index contributed by atoms with van der Waals surface area (Å²) in [7, 11) is 1.44. The van der Waals surface area contributed by atoms with Crippen LogP contribution < -0.4 is 31.0 Å². The van der Waals surface area contributed by atoms with Gasteiger partial charge in [0.2, 0.25) is 10.9 Å². The van der Waals surface area contributed by atoms with E-state index in [9.17, 15) is 39.6 Å². The maximum absolute atomic E-state index is 14.8. The van der Waals surface area contributed by atoms with Crippen LogP contribution in [-0.4, -0.2) is 87.7 Å². The van der Waals surface area contributed by atoms with E-state index in [4.69, 9.17) is 28.3 Å². The van der Waals surface area contributed by atoms with Gasteiger partial charge in [-0.25, -0.2) is 4.98 Å². The number of anilines is 2. The number of nitrogens with one attached hydrogen (secondary N) is 1. The smallest absolute Gasteiger partial charge is 0.307 e. The fourth-order valence-corrected chi connectivity index (χ4v) is 9.03. The Labute approximate surface area is 363 Å². The average Bonchev–Trinajstić information content (AvgIpc) is 3.89. The number of carbonyl (C=O) groups is 2. The maximum Gasteiger partial charge on any atom is 0.307 e. The number of aliphatic hydroxyl groups excluding tert-OH is 3. The lowest BCUT2D eigenvalue weighted by molar-refractivity contribution is -0.160. The van der Waals surface area contributed by atoms with Crippen molar-refractivity contribution >= 4 is 62.0 Å². The molecular weight excluding hydrogens is 815 g/mol. The Kier molecular flexibility index (Phi) is 12.4. The molecular formula is C47H55N3O13. The van der Waals surface area contributed by atoms with Crippen molar-refractivity contribution in [1.82, 2.24) is 4.98 Å². The number of hydrogen-bond donors (Lipinski definition) is 5. The summed E-state index contributed by atoms with van der Waals surface area (Å²) in [6, 6.07) is 3.12. The molecule has 1 fully saturated rings. The molecule has 0 spiro atoms. The number of amides is 1. The van der Waals surface area contributed by atoms with Crippen LogP contribution in [0.1, 0.15) is 66.9 Å². The van der Waals surface area contributed by atoms with Gasteiger partial charge in [-0.15, -0.1) is 0 Å². The predicted octanol–water partition coefficient (Wildman–Crippen LogP) is 5.16. The number of allylic oxidation sites excluding steroid dienone is 2. The van der Waals surface area contributed by atoms with Gasteiger partial charge in [-0.05, 0) is 32.8 Å². The molecule has 0 unspecified atom stereocenters. The summed E-state index contributed by atoms with van der Waals surface area (Å²) < 4.78 is 30.3. The van der Waals surface area contributed by atoms with Crippen LogP contribution in [0.25, 0.3) is 38.7 Å². The predicted molar refractivity (Wildman–Crippen MR) is 236 cm³/mol. The minimum absolute atomic E-state index is 0.0457. The molecule has 4 aromatic rings. The Morgan fingerprint density at radius 2 is 1.65 bits per heavy atom. The lowest BCUT2D eigenvalue weighted by atomic mass is 9.78. The molecule has 4 heterocycles. The Hall–Kier alpha value is -5.97. The zero-order valence-electron chi connectivity index (χ0n) is 36.8. The van der Waals surface area contributed by atoms with Crippen molar-refractivity contribution < 1.29 is 53.4 Å². The van der Waals surface area contributed by atoms with Crippen molar-refractivity contribution in [2.45, 2.75) is 98.4 Å². The van der Waals surface area contributed by atoms with Crippen LogP contribution >= 0.6 is 0 Å². The number of esters is 1. The first-order chi connectivity index (χ1) is 29.8. The molecule has 336 valence electrons. The van der Waals surface area contributed by atoms with Crippen molar-refractivity contribution in [2.75, 3.05) is 30.4 Å². The number of hydrogen-bond acceptors (Lipinski definition) is 15. The fraction of sp³-hybridized carbons (Fsp3) is 0.468. The van der Waals surface area contributed by atoms with E-state index in [0.717, 1.165) is 25.9 Å².